The van der Waals surface area contributed by atoms with E-state index in [0.29, 0.717) is 5.38 Å². The van der Waals surface area contributed by atoms with E-state index in [1.807, 2.05) is 0 Å². The zero-order valence-electron chi connectivity index (χ0n) is 5.00. The maximum absolute atomic E-state index is 5.62. The van der Waals surface area contributed by atoms with Gasteiger partial charge in [0.15, 0.2) is 0 Å². The molecule has 0 saturated heterocycles. The average molecular weight is 142 g/mol. The molecule has 1 rings (SSSR count). The molecule has 0 saturated carbocycles. The summed E-state index contributed by atoms with van der Waals surface area (Å²) in [7, 11) is 0. The van der Waals surface area contributed by atoms with Crippen LogP contribution in [0.1, 0.15) is 12.6 Å². The number of aromatic nitrogens is 2. The normalized spacial score (nSPS) is 10.1. The van der Waals surface area contributed by atoms with Gasteiger partial charge < -0.3 is 0 Å². The minimum absolute atomic E-state index is 0.670. The molecule has 0 bridgehead atoms. The van der Waals surface area contributed by atoms with Crippen LogP contribution in [0.25, 0.3) is 0 Å². The van der Waals surface area contributed by atoms with E-state index in [9.17, 15) is 0 Å². The predicted molar refractivity (Wildman–Crippen MR) is 35.9 cm³/mol. The number of nitrogens with zero attached hydrogens (tertiary/aromatic N) is 2. The van der Waals surface area contributed by atoms with Crippen molar-refractivity contribution in [2.24, 2.45) is 0 Å². The molecule has 1 aromatic rings. The largest absolute Gasteiger partial charge is 0.261 e. The molecule has 0 N–H and O–H groups in total. The Balaban J connectivity index is 2.85. The molecule has 2 nitrogen and oxygen atoms in total. The average Bonchev–Trinajstić information content (AvgIpc) is 1.90. The fourth-order valence-electron chi connectivity index (χ4n) is 0.477. The van der Waals surface area contributed by atoms with Crippen molar-refractivity contribution in [1.82, 2.24) is 9.97 Å². The zero-order chi connectivity index (χ0) is 6.69. The molecule has 0 spiro atoms. The van der Waals surface area contributed by atoms with Gasteiger partial charge in [-0.3, -0.25) is 9.97 Å². The number of rotatable bonds is 1. The molecule has 9 heavy (non-hydrogen) atoms. The second-order valence-electron chi connectivity index (χ2n) is 1.62. The third kappa shape index (κ3) is 1.64. The maximum Gasteiger partial charge on any atom is 0.110 e. The van der Waals surface area contributed by atoms with Crippen LogP contribution in [-0.2, 0) is 0 Å². The van der Waals surface area contributed by atoms with Gasteiger partial charge >= 0.3 is 0 Å². The molecule has 0 aliphatic heterocycles. The van der Waals surface area contributed by atoms with Crippen molar-refractivity contribution in [3.63, 3.8) is 0 Å². The minimum atomic E-state index is 0.670. The Labute approximate surface area is 58.9 Å². The lowest BCUT2D eigenvalue weighted by Crippen LogP contribution is -1.89. The predicted octanol–water partition coefficient (Wildman–Crippen LogP) is 1.62. The third-order valence-corrected chi connectivity index (χ3v) is 1.11. The molecule has 0 amide bonds. The van der Waals surface area contributed by atoms with Gasteiger partial charge in [0, 0.05) is 12.4 Å². The van der Waals surface area contributed by atoms with E-state index in [1.54, 1.807) is 25.5 Å². The van der Waals surface area contributed by atoms with Crippen LogP contribution in [0, 0.1) is 5.38 Å². The molecule has 0 aromatic carbocycles. The van der Waals surface area contributed by atoms with Gasteiger partial charge in [-0.2, -0.15) is 0 Å². The fraction of sp³-hybridized carbons (Fsp3) is 0.167. The topological polar surface area (TPSA) is 25.8 Å². The van der Waals surface area contributed by atoms with Crippen molar-refractivity contribution < 1.29 is 0 Å². The van der Waals surface area contributed by atoms with Crippen LogP contribution < -0.4 is 0 Å². The Morgan fingerprint density at radius 3 is 2.67 bits per heavy atom. The first-order chi connectivity index (χ1) is 4.30. The highest BCUT2D eigenvalue weighted by atomic mass is 35.5. The molecule has 0 unspecified atom stereocenters. The second-order valence-corrected chi connectivity index (χ2v) is 2.19. The summed E-state index contributed by atoms with van der Waals surface area (Å²) in [5, 5.41) is 0.670. The van der Waals surface area contributed by atoms with Gasteiger partial charge in [-0.25, -0.2) is 0 Å². The molecule has 0 aliphatic rings. The molecule has 1 radical (unpaired) electrons. The summed E-state index contributed by atoms with van der Waals surface area (Å²) in [6.07, 6.45) is 4.85. The summed E-state index contributed by atoms with van der Waals surface area (Å²) >= 11 is 5.62. The summed E-state index contributed by atoms with van der Waals surface area (Å²) in [6.45, 7) is 1.78. The minimum Gasteiger partial charge on any atom is -0.261 e. The highest BCUT2D eigenvalue weighted by Gasteiger charge is 2.00. The molecular weight excluding hydrogens is 136 g/mol. The van der Waals surface area contributed by atoms with Crippen LogP contribution in [0.4, 0.5) is 0 Å². The second kappa shape index (κ2) is 2.78. The van der Waals surface area contributed by atoms with E-state index in [0.717, 1.165) is 5.69 Å². The van der Waals surface area contributed by atoms with Crippen molar-refractivity contribution in [2.75, 3.05) is 0 Å². The molecule has 47 valence electrons. The molecule has 0 aliphatic carbocycles. The summed E-state index contributed by atoms with van der Waals surface area (Å²) in [4.78, 5) is 7.78. The van der Waals surface area contributed by atoms with Crippen molar-refractivity contribution in [1.29, 1.82) is 0 Å². The first-order valence-electron chi connectivity index (χ1n) is 2.56. The summed E-state index contributed by atoms with van der Waals surface area (Å²) in [6, 6.07) is 0. The van der Waals surface area contributed by atoms with Gasteiger partial charge in [-0.1, -0.05) is 0 Å². The van der Waals surface area contributed by atoms with Crippen LogP contribution in [0.15, 0.2) is 18.6 Å². The Bertz CT molecular complexity index is 174. The number of hydrogen-bond donors (Lipinski definition) is 0. The molecule has 1 aromatic heterocycles. The van der Waals surface area contributed by atoms with E-state index in [1.165, 1.54) is 0 Å². The summed E-state index contributed by atoms with van der Waals surface area (Å²) in [5.74, 6) is 0. The lowest BCUT2D eigenvalue weighted by molar-refractivity contribution is 1.10. The highest BCUT2D eigenvalue weighted by Crippen LogP contribution is 2.12. The first kappa shape index (κ1) is 6.49. The van der Waals surface area contributed by atoms with Crippen molar-refractivity contribution in [3.8, 4) is 0 Å². The monoisotopic (exact) mass is 141 g/mol. The molecular formula is C6H6ClN2. The van der Waals surface area contributed by atoms with Gasteiger partial charge in [-0.05, 0) is 6.92 Å². The fourth-order valence-corrected chi connectivity index (χ4v) is 0.575. The van der Waals surface area contributed by atoms with Gasteiger partial charge in [0.1, 0.15) is 5.38 Å². The van der Waals surface area contributed by atoms with Crippen LogP contribution in [-0.4, -0.2) is 9.97 Å². The summed E-state index contributed by atoms with van der Waals surface area (Å²) in [5.41, 5.74) is 0.735. The zero-order valence-corrected chi connectivity index (χ0v) is 5.76. The van der Waals surface area contributed by atoms with Crippen LogP contribution in [0.2, 0.25) is 0 Å². The van der Waals surface area contributed by atoms with Gasteiger partial charge in [0.05, 0.1) is 11.9 Å². The lowest BCUT2D eigenvalue weighted by Gasteiger charge is -1.96. The molecule has 0 fully saturated rings. The Hall–Kier alpha value is -0.630. The molecule has 3 heteroatoms. The van der Waals surface area contributed by atoms with E-state index in [4.69, 9.17) is 11.6 Å². The molecule has 1 heterocycles. The Morgan fingerprint density at radius 1 is 1.56 bits per heavy atom. The SMILES string of the molecule is C[C](Cl)c1cnccn1. The smallest absolute Gasteiger partial charge is 0.110 e. The van der Waals surface area contributed by atoms with Crippen molar-refractivity contribution >= 4 is 11.6 Å². The van der Waals surface area contributed by atoms with Crippen molar-refractivity contribution in [2.45, 2.75) is 6.92 Å². The van der Waals surface area contributed by atoms with E-state index >= 15 is 0 Å². The summed E-state index contributed by atoms with van der Waals surface area (Å²) < 4.78 is 0. The lowest BCUT2D eigenvalue weighted by atomic mass is 10.3. The van der Waals surface area contributed by atoms with Gasteiger partial charge in [-0.15, -0.1) is 11.6 Å². The highest BCUT2D eigenvalue weighted by molar-refractivity contribution is 6.28. The maximum atomic E-state index is 5.62. The van der Waals surface area contributed by atoms with Gasteiger partial charge in [0.25, 0.3) is 0 Å². The Morgan fingerprint density at radius 2 is 2.33 bits per heavy atom. The number of hydrogen-bond acceptors (Lipinski definition) is 2. The Kier molecular flexibility index (Phi) is 2.01. The molecule has 0 atom stereocenters. The van der Waals surface area contributed by atoms with Crippen LogP contribution in [0.3, 0.4) is 0 Å². The van der Waals surface area contributed by atoms with E-state index in [2.05, 4.69) is 9.97 Å². The third-order valence-electron chi connectivity index (χ3n) is 0.916. The van der Waals surface area contributed by atoms with Crippen LogP contribution in [0.5, 0.6) is 0 Å². The van der Waals surface area contributed by atoms with Gasteiger partial charge in [0.2, 0.25) is 0 Å². The van der Waals surface area contributed by atoms with Crippen LogP contribution >= 0.6 is 11.6 Å². The van der Waals surface area contributed by atoms with E-state index in [-0.39, 0.29) is 0 Å². The van der Waals surface area contributed by atoms with E-state index < -0.39 is 0 Å². The number of halogens is 1. The quantitative estimate of drug-likeness (QED) is 0.594. The van der Waals surface area contributed by atoms with Crippen molar-refractivity contribution in [3.05, 3.63) is 29.7 Å². The first-order valence-corrected chi connectivity index (χ1v) is 2.94. The standard InChI is InChI=1S/C6H6ClN2/c1-5(7)6-4-8-2-3-9-6/h2-4H,1H3.